The average molecular weight is 273 g/mol. The molecule has 1 heterocycles. The SMILES string of the molecule is CC(C)c1ccc2c(c1)CN(C(=O)CC(C)(C)C)CC2. The fraction of sp³-hybridized carbons (Fsp3) is 0.611. The minimum Gasteiger partial charge on any atom is -0.338 e. The van der Waals surface area contributed by atoms with Gasteiger partial charge in [-0.3, -0.25) is 4.79 Å². The number of nitrogens with zero attached hydrogens (tertiary/aromatic N) is 1. The number of carbonyl (C=O) groups excluding carboxylic acids is 1. The third-order valence-corrected chi connectivity index (χ3v) is 3.94. The van der Waals surface area contributed by atoms with Gasteiger partial charge in [0, 0.05) is 19.5 Å². The zero-order valence-electron chi connectivity index (χ0n) is 13.5. The lowest BCUT2D eigenvalue weighted by molar-refractivity contribution is -0.134. The molecule has 1 aliphatic rings. The number of hydrogen-bond donors (Lipinski definition) is 0. The van der Waals surface area contributed by atoms with E-state index in [1.54, 1.807) is 0 Å². The zero-order chi connectivity index (χ0) is 14.9. The first-order chi connectivity index (χ1) is 9.26. The molecule has 110 valence electrons. The Hall–Kier alpha value is -1.31. The molecule has 0 unspecified atom stereocenters. The van der Waals surface area contributed by atoms with E-state index in [4.69, 9.17) is 0 Å². The lowest BCUT2D eigenvalue weighted by atomic mass is 9.90. The molecule has 0 spiro atoms. The second kappa shape index (κ2) is 5.59. The average Bonchev–Trinajstić information content (AvgIpc) is 2.35. The van der Waals surface area contributed by atoms with Crippen LogP contribution in [0.15, 0.2) is 18.2 Å². The third-order valence-electron chi connectivity index (χ3n) is 3.94. The molecule has 0 fully saturated rings. The summed E-state index contributed by atoms with van der Waals surface area (Å²) in [6.07, 6.45) is 1.62. The Bertz CT molecular complexity index is 497. The van der Waals surface area contributed by atoms with E-state index in [1.807, 2.05) is 4.90 Å². The Morgan fingerprint density at radius 3 is 2.55 bits per heavy atom. The molecule has 0 aromatic heterocycles. The molecule has 0 N–H and O–H groups in total. The first-order valence-electron chi connectivity index (χ1n) is 7.66. The minimum atomic E-state index is 0.0666. The van der Waals surface area contributed by atoms with Crippen LogP contribution in [0, 0.1) is 5.41 Å². The summed E-state index contributed by atoms with van der Waals surface area (Å²) in [6.45, 7) is 12.5. The second-order valence-electron chi connectivity index (χ2n) is 7.49. The second-order valence-corrected chi connectivity index (χ2v) is 7.49. The molecular weight excluding hydrogens is 246 g/mol. The normalized spacial score (nSPS) is 15.4. The Labute approximate surface area is 123 Å². The summed E-state index contributed by atoms with van der Waals surface area (Å²) in [5, 5.41) is 0. The van der Waals surface area contributed by atoms with Gasteiger partial charge in [0.15, 0.2) is 0 Å². The van der Waals surface area contributed by atoms with Gasteiger partial charge in [-0.05, 0) is 34.4 Å². The summed E-state index contributed by atoms with van der Waals surface area (Å²) >= 11 is 0. The summed E-state index contributed by atoms with van der Waals surface area (Å²) in [6, 6.07) is 6.77. The molecule has 0 aliphatic carbocycles. The molecule has 1 aromatic carbocycles. The van der Waals surface area contributed by atoms with Gasteiger partial charge in [0.05, 0.1) is 0 Å². The maximum Gasteiger partial charge on any atom is 0.223 e. The maximum absolute atomic E-state index is 12.4. The summed E-state index contributed by atoms with van der Waals surface area (Å²) in [7, 11) is 0. The van der Waals surface area contributed by atoms with Gasteiger partial charge in [0.25, 0.3) is 0 Å². The highest BCUT2D eigenvalue weighted by Crippen LogP contribution is 2.26. The van der Waals surface area contributed by atoms with Crippen LogP contribution >= 0.6 is 0 Å². The number of rotatable bonds is 2. The largest absolute Gasteiger partial charge is 0.338 e. The van der Waals surface area contributed by atoms with Crippen LogP contribution in [0.5, 0.6) is 0 Å². The highest BCUT2D eigenvalue weighted by Gasteiger charge is 2.24. The Morgan fingerprint density at radius 1 is 1.25 bits per heavy atom. The smallest absolute Gasteiger partial charge is 0.223 e. The number of amides is 1. The molecular formula is C18H27NO. The third kappa shape index (κ3) is 3.62. The lowest BCUT2D eigenvalue weighted by Crippen LogP contribution is -2.37. The molecule has 1 amide bonds. The molecule has 2 rings (SSSR count). The number of hydrogen-bond acceptors (Lipinski definition) is 1. The van der Waals surface area contributed by atoms with E-state index in [0.717, 1.165) is 19.5 Å². The fourth-order valence-electron chi connectivity index (χ4n) is 2.71. The summed E-state index contributed by atoms with van der Waals surface area (Å²) < 4.78 is 0. The van der Waals surface area contributed by atoms with Crippen molar-refractivity contribution in [2.24, 2.45) is 5.41 Å². The van der Waals surface area contributed by atoms with Crippen molar-refractivity contribution < 1.29 is 4.79 Å². The highest BCUT2D eigenvalue weighted by molar-refractivity contribution is 5.77. The fourth-order valence-corrected chi connectivity index (χ4v) is 2.71. The van der Waals surface area contributed by atoms with Crippen molar-refractivity contribution in [2.45, 2.75) is 59.9 Å². The van der Waals surface area contributed by atoms with Crippen molar-refractivity contribution in [3.05, 3.63) is 34.9 Å². The van der Waals surface area contributed by atoms with Gasteiger partial charge in [-0.1, -0.05) is 52.8 Å². The Balaban J connectivity index is 2.13. The van der Waals surface area contributed by atoms with E-state index < -0.39 is 0 Å². The van der Waals surface area contributed by atoms with E-state index in [0.29, 0.717) is 12.3 Å². The van der Waals surface area contributed by atoms with Gasteiger partial charge in [0.2, 0.25) is 5.91 Å². The van der Waals surface area contributed by atoms with E-state index in [9.17, 15) is 4.79 Å². The minimum absolute atomic E-state index is 0.0666. The molecule has 20 heavy (non-hydrogen) atoms. The van der Waals surface area contributed by atoms with Crippen LogP contribution in [0.4, 0.5) is 0 Å². The van der Waals surface area contributed by atoms with E-state index in [-0.39, 0.29) is 11.3 Å². The zero-order valence-corrected chi connectivity index (χ0v) is 13.5. The standard InChI is InChI=1S/C18H27NO/c1-13(2)15-7-6-14-8-9-19(12-16(14)10-15)17(20)11-18(3,4)5/h6-7,10,13H,8-9,11-12H2,1-5H3. The number of benzene rings is 1. The van der Waals surface area contributed by atoms with Gasteiger partial charge in [-0.25, -0.2) is 0 Å². The molecule has 0 radical (unpaired) electrons. The van der Waals surface area contributed by atoms with Crippen LogP contribution in [0.25, 0.3) is 0 Å². The van der Waals surface area contributed by atoms with Crippen molar-refractivity contribution in [1.82, 2.24) is 4.90 Å². The molecule has 0 atom stereocenters. The highest BCUT2D eigenvalue weighted by atomic mass is 16.2. The van der Waals surface area contributed by atoms with Crippen LogP contribution in [-0.2, 0) is 17.8 Å². The van der Waals surface area contributed by atoms with Crippen LogP contribution in [-0.4, -0.2) is 17.4 Å². The first-order valence-corrected chi connectivity index (χ1v) is 7.66. The van der Waals surface area contributed by atoms with Gasteiger partial charge in [-0.2, -0.15) is 0 Å². The van der Waals surface area contributed by atoms with Crippen LogP contribution in [0.3, 0.4) is 0 Å². The van der Waals surface area contributed by atoms with Gasteiger partial charge in [0.1, 0.15) is 0 Å². The molecule has 1 aromatic rings. The summed E-state index contributed by atoms with van der Waals surface area (Å²) in [5.41, 5.74) is 4.18. The molecule has 0 saturated carbocycles. The van der Waals surface area contributed by atoms with Crippen LogP contribution in [0.1, 0.15) is 63.6 Å². The molecule has 0 bridgehead atoms. The van der Waals surface area contributed by atoms with Crippen molar-refractivity contribution >= 4 is 5.91 Å². The Morgan fingerprint density at radius 2 is 1.95 bits per heavy atom. The maximum atomic E-state index is 12.4. The lowest BCUT2D eigenvalue weighted by Gasteiger charge is -2.31. The molecule has 1 aliphatic heterocycles. The first kappa shape index (κ1) is 15.1. The molecule has 2 nitrogen and oxygen atoms in total. The van der Waals surface area contributed by atoms with Crippen molar-refractivity contribution in [2.75, 3.05) is 6.54 Å². The molecule has 0 saturated heterocycles. The number of fused-ring (bicyclic) bond motifs is 1. The predicted molar refractivity (Wildman–Crippen MR) is 83.7 cm³/mol. The van der Waals surface area contributed by atoms with Crippen molar-refractivity contribution in [3.63, 3.8) is 0 Å². The van der Waals surface area contributed by atoms with Crippen molar-refractivity contribution in [3.8, 4) is 0 Å². The quantitative estimate of drug-likeness (QED) is 0.793. The number of carbonyl (C=O) groups is 1. The van der Waals surface area contributed by atoms with Crippen LogP contribution < -0.4 is 0 Å². The van der Waals surface area contributed by atoms with Crippen molar-refractivity contribution in [1.29, 1.82) is 0 Å². The van der Waals surface area contributed by atoms with E-state index in [2.05, 4.69) is 52.8 Å². The predicted octanol–water partition coefficient (Wildman–Crippen LogP) is 4.13. The summed E-state index contributed by atoms with van der Waals surface area (Å²) in [5.74, 6) is 0.832. The Kier molecular flexibility index (Phi) is 4.22. The van der Waals surface area contributed by atoms with E-state index in [1.165, 1.54) is 16.7 Å². The van der Waals surface area contributed by atoms with Gasteiger partial charge in [-0.15, -0.1) is 0 Å². The monoisotopic (exact) mass is 273 g/mol. The van der Waals surface area contributed by atoms with Gasteiger partial charge < -0.3 is 4.90 Å². The summed E-state index contributed by atoms with van der Waals surface area (Å²) in [4.78, 5) is 14.4. The molecule has 2 heteroatoms. The van der Waals surface area contributed by atoms with Crippen LogP contribution in [0.2, 0.25) is 0 Å². The van der Waals surface area contributed by atoms with Gasteiger partial charge >= 0.3 is 0 Å². The topological polar surface area (TPSA) is 20.3 Å². The van der Waals surface area contributed by atoms with E-state index >= 15 is 0 Å².